The van der Waals surface area contributed by atoms with Crippen LogP contribution in [0.2, 0.25) is 0 Å². The van der Waals surface area contributed by atoms with Crippen LogP contribution in [0.5, 0.6) is 0 Å². The van der Waals surface area contributed by atoms with Gasteiger partial charge in [-0.1, -0.05) is 6.07 Å². The SMILES string of the molecule is Cc1ccc(-c2nc3cc(CN)ccc3n2C)s1. The Morgan fingerprint density at radius 3 is 2.78 bits per heavy atom. The molecule has 3 aromatic rings. The fourth-order valence-corrected chi connectivity index (χ4v) is 3.04. The smallest absolute Gasteiger partial charge is 0.150 e. The van der Waals surface area contributed by atoms with Gasteiger partial charge in [0.2, 0.25) is 0 Å². The number of thiophene rings is 1. The number of aromatic nitrogens is 2. The second kappa shape index (κ2) is 4.23. The van der Waals surface area contributed by atoms with Gasteiger partial charge in [0.25, 0.3) is 0 Å². The Bertz CT molecular complexity index is 709. The average molecular weight is 257 g/mol. The molecular weight excluding hydrogens is 242 g/mol. The Kier molecular flexibility index (Phi) is 2.69. The van der Waals surface area contributed by atoms with E-state index >= 15 is 0 Å². The third-order valence-corrected chi connectivity index (χ3v) is 4.14. The molecule has 0 aliphatic carbocycles. The van der Waals surface area contributed by atoms with Crippen LogP contribution >= 0.6 is 11.3 Å². The summed E-state index contributed by atoms with van der Waals surface area (Å²) >= 11 is 1.77. The normalized spacial score (nSPS) is 11.3. The zero-order valence-electron chi connectivity index (χ0n) is 10.5. The van der Waals surface area contributed by atoms with Gasteiger partial charge >= 0.3 is 0 Å². The molecule has 0 atom stereocenters. The van der Waals surface area contributed by atoms with Crippen LogP contribution in [0, 0.1) is 6.92 Å². The first-order valence-corrected chi connectivity index (χ1v) is 6.73. The van der Waals surface area contributed by atoms with Gasteiger partial charge in [0.1, 0.15) is 0 Å². The van der Waals surface area contributed by atoms with Gasteiger partial charge in [-0.15, -0.1) is 11.3 Å². The Balaban J connectivity index is 2.22. The van der Waals surface area contributed by atoms with E-state index in [0.717, 1.165) is 22.4 Å². The summed E-state index contributed by atoms with van der Waals surface area (Å²) in [4.78, 5) is 7.24. The first-order valence-electron chi connectivity index (χ1n) is 5.91. The summed E-state index contributed by atoms with van der Waals surface area (Å²) in [5, 5.41) is 0. The number of benzene rings is 1. The van der Waals surface area contributed by atoms with Crippen LogP contribution in [0.25, 0.3) is 21.7 Å². The molecule has 18 heavy (non-hydrogen) atoms. The molecule has 3 nitrogen and oxygen atoms in total. The molecule has 4 heteroatoms. The van der Waals surface area contributed by atoms with Crippen LogP contribution in [0.15, 0.2) is 30.3 Å². The number of imidazole rings is 1. The Hall–Kier alpha value is -1.65. The molecule has 0 saturated heterocycles. The van der Waals surface area contributed by atoms with E-state index in [2.05, 4.69) is 48.9 Å². The minimum absolute atomic E-state index is 0.556. The first-order chi connectivity index (χ1) is 8.69. The Morgan fingerprint density at radius 2 is 2.11 bits per heavy atom. The van der Waals surface area contributed by atoms with E-state index in [0.29, 0.717) is 6.54 Å². The molecule has 1 aromatic carbocycles. The van der Waals surface area contributed by atoms with E-state index in [1.165, 1.54) is 9.75 Å². The minimum Gasteiger partial charge on any atom is -0.326 e. The summed E-state index contributed by atoms with van der Waals surface area (Å²) in [6, 6.07) is 10.5. The highest BCUT2D eigenvalue weighted by Crippen LogP contribution is 2.29. The van der Waals surface area contributed by atoms with E-state index in [4.69, 9.17) is 10.7 Å². The predicted octanol–water partition coefficient (Wildman–Crippen LogP) is 3.07. The molecular formula is C14H15N3S. The standard InChI is InChI=1S/C14H15N3S/c1-9-3-6-13(18-9)14-16-11-7-10(8-15)4-5-12(11)17(14)2/h3-7H,8,15H2,1-2H3. The Morgan fingerprint density at radius 1 is 1.28 bits per heavy atom. The highest BCUT2D eigenvalue weighted by molar-refractivity contribution is 7.15. The van der Waals surface area contributed by atoms with Crippen LogP contribution in [0.4, 0.5) is 0 Å². The lowest BCUT2D eigenvalue weighted by molar-refractivity contribution is 0.962. The molecule has 0 aliphatic rings. The van der Waals surface area contributed by atoms with Crippen molar-refractivity contribution in [2.45, 2.75) is 13.5 Å². The van der Waals surface area contributed by atoms with Crippen molar-refractivity contribution >= 4 is 22.4 Å². The summed E-state index contributed by atoms with van der Waals surface area (Å²) in [5.41, 5.74) is 8.95. The molecule has 0 bridgehead atoms. The number of nitrogens with zero attached hydrogens (tertiary/aromatic N) is 2. The first kappa shape index (κ1) is 11.4. The molecule has 3 rings (SSSR count). The molecule has 0 aliphatic heterocycles. The third-order valence-electron chi connectivity index (χ3n) is 3.14. The largest absolute Gasteiger partial charge is 0.326 e. The fraction of sp³-hybridized carbons (Fsp3) is 0.214. The quantitative estimate of drug-likeness (QED) is 0.766. The Labute approximate surface area is 110 Å². The molecule has 2 N–H and O–H groups in total. The lowest BCUT2D eigenvalue weighted by Crippen LogP contribution is -1.95. The second-order valence-electron chi connectivity index (χ2n) is 4.43. The molecule has 2 aromatic heterocycles. The number of rotatable bonds is 2. The van der Waals surface area contributed by atoms with E-state index < -0.39 is 0 Å². The molecule has 0 fully saturated rings. The summed E-state index contributed by atoms with van der Waals surface area (Å²) < 4.78 is 2.14. The maximum Gasteiger partial charge on any atom is 0.150 e. The number of hydrogen-bond acceptors (Lipinski definition) is 3. The van der Waals surface area contributed by atoms with Gasteiger partial charge in [-0.05, 0) is 36.8 Å². The van der Waals surface area contributed by atoms with Crippen molar-refractivity contribution in [2.24, 2.45) is 12.8 Å². The molecule has 0 amide bonds. The van der Waals surface area contributed by atoms with Crippen molar-refractivity contribution < 1.29 is 0 Å². The van der Waals surface area contributed by atoms with E-state index in [1.54, 1.807) is 11.3 Å². The molecule has 0 saturated carbocycles. The predicted molar refractivity (Wildman–Crippen MR) is 76.7 cm³/mol. The fourth-order valence-electron chi connectivity index (χ4n) is 2.15. The maximum atomic E-state index is 5.67. The van der Waals surface area contributed by atoms with Crippen LogP contribution < -0.4 is 5.73 Å². The number of hydrogen-bond donors (Lipinski definition) is 1. The summed E-state index contributed by atoms with van der Waals surface area (Å²) in [6.45, 7) is 2.67. The molecule has 92 valence electrons. The zero-order valence-corrected chi connectivity index (χ0v) is 11.3. The van der Waals surface area contributed by atoms with E-state index in [1.807, 2.05) is 0 Å². The van der Waals surface area contributed by atoms with Crippen LogP contribution in [-0.2, 0) is 13.6 Å². The lowest BCUT2D eigenvalue weighted by atomic mass is 10.2. The zero-order chi connectivity index (χ0) is 12.7. The summed E-state index contributed by atoms with van der Waals surface area (Å²) in [5.74, 6) is 1.03. The second-order valence-corrected chi connectivity index (χ2v) is 5.72. The third kappa shape index (κ3) is 1.74. The molecule has 0 radical (unpaired) electrons. The molecule has 2 heterocycles. The van der Waals surface area contributed by atoms with Gasteiger partial charge in [0.05, 0.1) is 15.9 Å². The summed E-state index contributed by atoms with van der Waals surface area (Å²) in [6.07, 6.45) is 0. The van der Waals surface area contributed by atoms with Gasteiger partial charge in [0.15, 0.2) is 5.82 Å². The number of nitrogens with two attached hydrogens (primary N) is 1. The average Bonchev–Trinajstić information content (AvgIpc) is 2.93. The van der Waals surface area contributed by atoms with Gasteiger partial charge < -0.3 is 10.3 Å². The van der Waals surface area contributed by atoms with Crippen molar-refractivity contribution in [1.82, 2.24) is 9.55 Å². The van der Waals surface area contributed by atoms with Crippen LogP contribution in [0.3, 0.4) is 0 Å². The number of aryl methyl sites for hydroxylation is 2. The highest BCUT2D eigenvalue weighted by Gasteiger charge is 2.11. The van der Waals surface area contributed by atoms with Crippen molar-refractivity contribution in [3.05, 3.63) is 40.8 Å². The van der Waals surface area contributed by atoms with Gasteiger partial charge in [0, 0.05) is 18.5 Å². The minimum atomic E-state index is 0.556. The van der Waals surface area contributed by atoms with Gasteiger partial charge in [-0.2, -0.15) is 0 Å². The molecule has 0 spiro atoms. The van der Waals surface area contributed by atoms with Crippen molar-refractivity contribution in [1.29, 1.82) is 0 Å². The molecule has 0 unspecified atom stereocenters. The van der Waals surface area contributed by atoms with Crippen molar-refractivity contribution in [2.75, 3.05) is 0 Å². The van der Waals surface area contributed by atoms with E-state index in [-0.39, 0.29) is 0 Å². The maximum absolute atomic E-state index is 5.67. The summed E-state index contributed by atoms with van der Waals surface area (Å²) in [7, 11) is 2.06. The van der Waals surface area contributed by atoms with Crippen LogP contribution in [0.1, 0.15) is 10.4 Å². The van der Waals surface area contributed by atoms with Gasteiger partial charge in [-0.25, -0.2) is 4.98 Å². The van der Waals surface area contributed by atoms with Crippen molar-refractivity contribution in [3.63, 3.8) is 0 Å². The van der Waals surface area contributed by atoms with Crippen LogP contribution in [-0.4, -0.2) is 9.55 Å². The van der Waals surface area contributed by atoms with Gasteiger partial charge in [-0.3, -0.25) is 0 Å². The monoisotopic (exact) mass is 257 g/mol. The number of fused-ring (bicyclic) bond motifs is 1. The van der Waals surface area contributed by atoms with E-state index in [9.17, 15) is 0 Å². The van der Waals surface area contributed by atoms with Crippen molar-refractivity contribution in [3.8, 4) is 10.7 Å². The highest BCUT2D eigenvalue weighted by atomic mass is 32.1. The lowest BCUT2D eigenvalue weighted by Gasteiger charge is -1.99. The topological polar surface area (TPSA) is 43.8 Å².